The molecule has 1 saturated heterocycles. The Labute approximate surface area is 196 Å². The second-order valence-electron chi connectivity index (χ2n) is 8.72. The lowest BCUT2D eigenvalue weighted by atomic mass is 10.1. The van der Waals surface area contributed by atoms with E-state index in [9.17, 15) is 18.8 Å². The van der Waals surface area contributed by atoms with E-state index in [1.807, 2.05) is 30.3 Å². The fourth-order valence-electron chi connectivity index (χ4n) is 3.58. The molecule has 1 fully saturated rings. The van der Waals surface area contributed by atoms with Crippen LogP contribution in [0.1, 0.15) is 30.6 Å². The number of halogens is 1. The number of carbonyl (C=O) groups is 3. The van der Waals surface area contributed by atoms with Crippen LogP contribution in [0.25, 0.3) is 16.9 Å². The first kappa shape index (κ1) is 23.2. The van der Waals surface area contributed by atoms with Crippen LogP contribution < -0.4 is 10.6 Å². The predicted octanol–water partition coefficient (Wildman–Crippen LogP) is 3.52. The lowest BCUT2D eigenvalue weighted by Gasteiger charge is -2.21. The molecule has 0 aliphatic carbocycles. The van der Waals surface area contributed by atoms with Crippen LogP contribution in [0, 0.1) is 5.92 Å². The minimum atomic E-state index is -1.23. The molecule has 8 nitrogen and oxygen atoms in total. The first-order valence-electron chi connectivity index (χ1n) is 10.9. The summed E-state index contributed by atoms with van der Waals surface area (Å²) < 4.78 is 20.1. The molecule has 9 heteroatoms. The largest absolute Gasteiger partial charge is 0.453 e. The molecule has 2 amide bonds. The first-order chi connectivity index (χ1) is 16.3. The summed E-state index contributed by atoms with van der Waals surface area (Å²) >= 11 is 0. The number of hydrogen-bond donors (Lipinski definition) is 2. The molecule has 0 unspecified atom stereocenters. The van der Waals surface area contributed by atoms with Gasteiger partial charge in [-0.25, -0.2) is 13.9 Å². The smallest absolute Gasteiger partial charge is 0.338 e. The van der Waals surface area contributed by atoms with Crippen molar-refractivity contribution in [3.05, 3.63) is 66.2 Å². The molecule has 0 radical (unpaired) electrons. The van der Waals surface area contributed by atoms with Gasteiger partial charge in [0, 0.05) is 24.6 Å². The Kier molecular flexibility index (Phi) is 6.45. The number of carbonyl (C=O) groups excluding carboxylic acids is 3. The zero-order chi connectivity index (χ0) is 24.3. The second-order valence-corrected chi connectivity index (χ2v) is 8.72. The van der Waals surface area contributed by atoms with Crippen LogP contribution in [0.3, 0.4) is 0 Å². The molecule has 34 heavy (non-hydrogen) atoms. The van der Waals surface area contributed by atoms with Crippen LogP contribution in [0.4, 0.5) is 10.2 Å². The van der Waals surface area contributed by atoms with E-state index in [4.69, 9.17) is 4.74 Å². The Bertz CT molecular complexity index is 1220. The lowest BCUT2D eigenvalue weighted by molar-refractivity contribution is -0.123. The number of aromatic nitrogens is 2. The van der Waals surface area contributed by atoms with E-state index >= 15 is 0 Å². The summed E-state index contributed by atoms with van der Waals surface area (Å²) in [6, 6.07) is 17.8. The molecular formula is C25H25FN4O4. The quantitative estimate of drug-likeness (QED) is 0.521. The first-order valence-corrected chi connectivity index (χ1v) is 10.9. The summed E-state index contributed by atoms with van der Waals surface area (Å²) in [5, 5.41) is 9.98. The van der Waals surface area contributed by atoms with Crippen molar-refractivity contribution in [1.29, 1.82) is 0 Å². The molecule has 0 bridgehead atoms. The summed E-state index contributed by atoms with van der Waals surface area (Å²) in [4.78, 5) is 36.7. The number of para-hydroxylation sites is 1. The van der Waals surface area contributed by atoms with Crippen LogP contribution in [0.2, 0.25) is 0 Å². The van der Waals surface area contributed by atoms with E-state index in [-0.39, 0.29) is 30.3 Å². The highest BCUT2D eigenvalue weighted by atomic mass is 19.1. The van der Waals surface area contributed by atoms with Crippen LogP contribution in [-0.4, -0.2) is 46.4 Å². The third kappa shape index (κ3) is 5.14. The maximum atomic E-state index is 13.1. The Morgan fingerprint density at radius 1 is 1.18 bits per heavy atom. The molecule has 1 aromatic heterocycles. The summed E-state index contributed by atoms with van der Waals surface area (Å²) in [6.45, 7) is 2.49. The van der Waals surface area contributed by atoms with Gasteiger partial charge in [-0.2, -0.15) is 0 Å². The van der Waals surface area contributed by atoms with Crippen molar-refractivity contribution in [2.24, 2.45) is 5.92 Å². The number of ether oxygens (including phenoxy) is 1. The third-order valence-corrected chi connectivity index (χ3v) is 5.39. The van der Waals surface area contributed by atoms with Crippen molar-refractivity contribution in [2.45, 2.75) is 25.9 Å². The molecule has 4 rings (SSSR count). The van der Waals surface area contributed by atoms with E-state index in [1.165, 1.54) is 13.8 Å². The normalized spacial score (nSPS) is 15.6. The monoisotopic (exact) mass is 464 g/mol. The van der Waals surface area contributed by atoms with Gasteiger partial charge in [-0.3, -0.25) is 9.59 Å². The number of esters is 1. The molecule has 1 aliphatic heterocycles. The molecule has 1 atom stereocenters. The van der Waals surface area contributed by atoms with Gasteiger partial charge in [-0.05, 0) is 38.1 Å². The Hall–Kier alpha value is -4.01. The lowest BCUT2D eigenvalue weighted by Crippen LogP contribution is -2.30. The standard InChI is InChI=1S/C25H25FN4O4/c1-25(2,15-26)34-24(33)17-8-6-7-16(11-17)20-13-21(28-23(32)18-12-22(31)27-14-18)29-30(20)19-9-4-3-5-10-19/h3-11,13,18H,12,14-15H2,1-2H3,(H,27,31)(H,28,29,32)/t18-/m0/s1. The Morgan fingerprint density at radius 3 is 2.62 bits per heavy atom. The molecule has 2 N–H and O–H groups in total. The van der Waals surface area contributed by atoms with Gasteiger partial charge in [0.05, 0.1) is 22.9 Å². The average Bonchev–Trinajstić information content (AvgIpc) is 3.46. The van der Waals surface area contributed by atoms with Gasteiger partial charge in [0.1, 0.15) is 12.3 Å². The van der Waals surface area contributed by atoms with Crippen LogP contribution in [-0.2, 0) is 14.3 Å². The highest BCUT2D eigenvalue weighted by molar-refractivity contribution is 5.97. The third-order valence-electron chi connectivity index (χ3n) is 5.39. The maximum Gasteiger partial charge on any atom is 0.338 e. The molecule has 2 aromatic carbocycles. The molecule has 3 aromatic rings. The molecule has 2 heterocycles. The van der Waals surface area contributed by atoms with E-state index in [0.29, 0.717) is 17.1 Å². The van der Waals surface area contributed by atoms with Crippen LogP contribution in [0.15, 0.2) is 60.7 Å². The van der Waals surface area contributed by atoms with Crippen molar-refractivity contribution in [1.82, 2.24) is 15.1 Å². The highest BCUT2D eigenvalue weighted by Crippen LogP contribution is 2.28. The number of anilines is 1. The number of benzene rings is 2. The minimum Gasteiger partial charge on any atom is -0.453 e. The van der Waals surface area contributed by atoms with E-state index in [0.717, 1.165) is 5.69 Å². The van der Waals surface area contributed by atoms with Gasteiger partial charge in [0.25, 0.3) is 0 Å². The summed E-state index contributed by atoms with van der Waals surface area (Å²) in [5.41, 5.74) is 1.07. The van der Waals surface area contributed by atoms with Crippen molar-refractivity contribution in [2.75, 3.05) is 18.5 Å². The van der Waals surface area contributed by atoms with E-state index in [2.05, 4.69) is 15.7 Å². The van der Waals surface area contributed by atoms with E-state index < -0.39 is 24.2 Å². The summed E-state index contributed by atoms with van der Waals surface area (Å²) in [6.07, 6.45) is 0.136. The fraction of sp³-hybridized carbons (Fsp3) is 0.280. The molecule has 0 saturated carbocycles. The molecule has 1 aliphatic rings. The van der Waals surface area contributed by atoms with Gasteiger partial charge >= 0.3 is 5.97 Å². The number of nitrogens with one attached hydrogen (secondary N) is 2. The fourth-order valence-corrected chi connectivity index (χ4v) is 3.58. The summed E-state index contributed by atoms with van der Waals surface area (Å²) in [7, 11) is 0. The minimum absolute atomic E-state index is 0.136. The number of alkyl halides is 1. The van der Waals surface area contributed by atoms with Gasteiger partial charge in [0.15, 0.2) is 5.82 Å². The maximum absolute atomic E-state index is 13.1. The van der Waals surface area contributed by atoms with Crippen molar-refractivity contribution in [3.63, 3.8) is 0 Å². The van der Waals surface area contributed by atoms with Gasteiger partial charge < -0.3 is 15.4 Å². The Morgan fingerprint density at radius 2 is 1.94 bits per heavy atom. The molecule has 0 spiro atoms. The zero-order valence-corrected chi connectivity index (χ0v) is 18.9. The topological polar surface area (TPSA) is 102 Å². The number of nitrogens with zero attached hydrogens (tertiary/aromatic N) is 2. The average molecular weight is 464 g/mol. The number of rotatable bonds is 7. The number of amides is 2. The predicted molar refractivity (Wildman–Crippen MR) is 124 cm³/mol. The molecular weight excluding hydrogens is 439 g/mol. The van der Waals surface area contributed by atoms with Crippen LogP contribution in [0.5, 0.6) is 0 Å². The van der Waals surface area contributed by atoms with E-state index in [1.54, 1.807) is 35.0 Å². The van der Waals surface area contributed by atoms with Crippen molar-refractivity contribution >= 4 is 23.6 Å². The van der Waals surface area contributed by atoms with Gasteiger partial charge in [-0.15, -0.1) is 5.10 Å². The number of hydrogen-bond acceptors (Lipinski definition) is 5. The second kappa shape index (κ2) is 9.46. The SMILES string of the molecule is CC(C)(CF)OC(=O)c1cccc(-c2cc(NC(=O)[C@@H]3CNC(=O)C3)nn2-c2ccccc2)c1. The Balaban J connectivity index is 1.67. The van der Waals surface area contributed by atoms with Gasteiger partial charge in [0.2, 0.25) is 11.8 Å². The van der Waals surface area contributed by atoms with Crippen molar-refractivity contribution in [3.8, 4) is 16.9 Å². The summed E-state index contributed by atoms with van der Waals surface area (Å²) in [5.74, 6) is -1.24. The van der Waals surface area contributed by atoms with Crippen LogP contribution >= 0.6 is 0 Å². The van der Waals surface area contributed by atoms with Crippen molar-refractivity contribution < 1.29 is 23.5 Å². The highest BCUT2D eigenvalue weighted by Gasteiger charge is 2.29. The van der Waals surface area contributed by atoms with Gasteiger partial charge in [-0.1, -0.05) is 30.3 Å². The zero-order valence-electron chi connectivity index (χ0n) is 18.9. The molecule has 176 valence electrons.